The fourth-order valence-electron chi connectivity index (χ4n) is 2.64. The molecule has 0 unspecified atom stereocenters. The minimum atomic E-state index is -2.91. The normalized spacial score (nSPS) is 23.2. The average molecular weight is 301 g/mol. The standard InChI is InChI=1S/C16H31NO2S/c1-14(2)7-6-8-15(3)9-10-17-11-12-20(18,19)16(4,5)13-17/h7,15H,6,8-13H2,1-5H3/t15-/m1/s1. The molecule has 4 heteroatoms. The Balaban J connectivity index is 2.35. The van der Waals surface area contributed by atoms with E-state index in [-0.39, 0.29) is 0 Å². The molecule has 0 saturated carbocycles. The molecule has 0 bridgehead atoms. The first-order chi connectivity index (χ1) is 9.14. The average Bonchev–Trinajstić information content (AvgIpc) is 2.30. The lowest BCUT2D eigenvalue weighted by molar-refractivity contribution is 0.232. The van der Waals surface area contributed by atoms with Gasteiger partial charge in [-0.05, 0) is 59.4 Å². The van der Waals surface area contributed by atoms with Gasteiger partial charge >= 0.3 is 0 Å². The molecule has 0 aromatic rings. The van der Waals surface area contributed by atoms with E-state index >= 15 is 0 Å². The SMILES string of the molecule is CC(C)=CCC[C@@H](C)CCN1CCS(=O)(=O)C(C)(C)C1. The van der Waals surface area contributed by atoms with E-state index in [1.54, 1.807) is 0 Å². The second-order valence-electron chi connectivity index (χ2n) is 7.11. The van der Waals surface area contributed by atoms with Crippen LogP contribution >= 0.6 is 0 Å². The zero-order valence-corrected chi connectivity index (χ0v) is 14.6. The third-order valence-electron chi connectivity index (χ3n) is 4.27. The van der Waals surface area contributed by atoms with Crippen LogP contribution in [0, 0.1) is 5.92 Å². The van der Waals surface area contributed by atoms with Crippen LogP contribution in [0.2, 0.25) is 0 Å². The highest BCUT2D eigenvalue weighted by molar-refractivity contribution is 7.92. The van der Waals surface area contributed by atoms with Crippen LogP contribution < -0.4 is 0 Å². The number of hydrogen-bond donors (Lipinski definition) is 0. The van der Waals surface area contributed by atoms with Crippen molar-refractivity contribution in [1.29, 1.82) is 0 Å². The van der Waals surface area contributed by atoms with Crippen LogP contribution in [0.3, 0.4) is 0 Å². The van der Waals surface area contributed by atoms with E-state index in [1.807, 2.05) is 13.8 Å². The van der Waals surface area contributed by atoms with Gasteiger partial charge in [-0.1, -0.05) is 18.6 Å². The van der Waals surface area contributed by atoms with E-state index < -0.39 is 14.6 Å². The minimum Gasteiger partial charge on any atom is -0.301 e. The Hall–Kier alpha value is -0.350. The topological polar surface area (TPSA) is 37.4 Å². The summed E-state index contributed by atoms with van der Waals surface area (Å²) in [4.78, 5) is 2.32. The molecule has 1 saturated heterocycles. The lowest BCUT2D eigenvalue weighted by Crippen LogP contribution is -2.53. The molecule has 0 radical (unpaired) electrons. The van der Waals surface area contributed by atoms with Crippen LogP contribution in [-0.4, -0.2) is 43.5 Å². The summed E-state index contributed by atoms with van der Waals surface area (Å²) in [5, 5.41) is 0. The second kappa shape index (κ2) is 7.08. The highest BCUT2D eigenvalue weighted by Gasteiger charge is 2.39. The molecule has 1 aliphatic heterocycles. The van der Waals surface area contributed by atoms with Crippen LogP contribution in [-0.2, 0) is 9.84 Å². The predicted molar refractivity (Wildman–Crippen MR) is 86.8 cm³/mol. The molecule has 1 rings (SSSR count). The molecule has 1 heterocycles. The molecule has 0 spiro atoms. The zero-order valence-electron chi connectivity index (χ0n) is 13.8. The van der Waals surface area contributed by atoms with Crippen LogP contribution in [0.1, 0.15) is 53.9 Å². The van der Waals surface area contributed by atoms with Crippen molar-refractivity contribution in [3.63, 3.8) is 0 Å². The lowest BCUT2D eigenvalue weighted by Gasteiger charge is -2.38. The Morgan fingerprint density at radius 1 is 1.30 bits per heavy atom. The molecular weight excluding hydrogens is 270 g/mol. The van der Waals surface area contributed by atoms with Gasteiger partial charge in [-0.3, -0.25) is 0 Å². The van der Waals surface area contributed by atoms with Gasteiger partial charge in [-0.2, -0.15) is 0 Å². The monoisotopic (exact) mass is 301 g/mol. The summed E-state index contributed by atoms with van der Waals surface area (Å²) in [7, 11) is -2.91. The van der Waals surface area contributed by atoms with Crippen LogP contribution in [0.25, 0.3) is 0 Å². The number of rotatable bonds is 6. The third-order valence-corrected chi connectivity index (χ3v) is 6.81. The predicted octanol–water partition coefficient (Wildman–Crippen LogP) is 3.27. The fourth-order valence-corrected chi connectivity index (χ4v) is 4.07. The molecule has 0 aromatic carbocycles. The fraction of sp³-hybridized carbons (Fsp3) is 0.875. The van der Waals surface area contributed by atoms with Gasteiger partial charge in [0.15, 0.2) is 9.84 Å². The summed E-state index contributed by atoms with van der Waals surface area (Å²) in [6.07, 6.45) is 5.84. The summed E-state index contributed by atoms with van der Waals surface area (Å²) < 4.78 is 23.3. The molecule has 118 valence electrons. The van der Waals surface area contributed by atoms with Crippen LogP contribution in [0.4, 0.5) is 0 Å². The van der Waals surface area contributed by atoms with Gasteiger partial charge in [-0.15, -0.1) is 0 Å². The van der Waals surface area contributed by atoms with Gasteiger partial charge in [-0.25, -0.2) is 8.42 Å². The van der Waals surface area contributed by atoms with Crippen molar-refractivity contribution < 1.29 is 8.42 Å². The molecule has 0 N–H and O–H groups in total. The highest BCUT2D eigenvalue weighted by Crippen LogP contribution is 2.24. The van der Waals surface area contributed by atoms with Crippen molar-refractivity contribution in [3.8, 4) is 0 Å². The first-order valence-corrected chi connectivity index (χ1v) is 9.37. The van der Waals surface area contributed by atoms with Gasteiger partial charge in [0.2, 0.25) is 0 Å². The van der Waals surface area contributed by atoms with Crippen molar-refractivity contribution in [2.45, 2.75) is 58.6 Å². The minimum absolute atomic E-state index is 0.312. The van der Waals surface area contributed by atoms with Crippen molar-refractivity contribution in [2.75, 3.05) is 25.4 Å². The Morgan fingerprint density at radius 3 is 2.50 bits per heavy atom. The van der Waals surface area contributed by atoms with Gasteiger partial charge in [0.05, 0.1) is 10.5 Å². The molecule has 20 heavy (non-hydrogen) atoms. The largest absolute Gasteiger partial charge is 0.301 e. The Labute approximate surface area is 125 Å². The van der Waals surface area contributed by atoms with E-state index in [0.29, 0.717) is 24.8 Å². The van der Waals surface area contributed by atoms with E-state index in [1.165, 1.54) is 12.0 Å². The maximum Gasteiger partial charge on any atom is 0.157 e. The van der Waals surface area contributed by atoms with E-state index in [9.17, 15) is 8.42 Å². The first-order valence-electron chi connectivity index (χ1n) is 7.72. The molecule has 0 aromatic heterocycles. The maximum absolute atomic E-state index is 12.0. The van der Waals surface area contributed by atoms with Crippen LogP contribution in [0.15, 0.2) is 11.6 Å². The van der Waals surface area contributed by atoms with Crippen molar-refractivity contribution in [3.05, 3.63) is 11.6 Å². The van der Waals surface area contributed by atoms with Gasteiger partial charge in [0.1, 0.15) is 0 Å². The van der Waals surface area contributed by atoms with Crippen LogP contribution in [0.5, 0.6) is 0 Å². The summed E-state index contributed by atoms with van der Waals surface area (Å²) in [6.45, 7) is 12.7. The molecular formula is C16H31NO2S. The Bertz CT molecular complexity index is 433. The van der Waals surface area contributed by atoms with Crippen molar-refractivity contribution in [1.82, 2.24) is 4.90 Å². The Morgan fingerprint density at radius 2 is 1.95 bits per heavy atom. The van der Waals surface area contributed by atoms with Crippen molar-refractivity contribution in [2.24, 2.45) is 5.92 Å². The molecule has 3 nitrogen and oxygen atoms in total. The summed E-state index contributed by atoms with van der Waals surface area (Å²) in [5.41, 5.74) is 1.39. The smallest absolute Gasteiger partial charge is 0.157 e. The number of allylic oxidation sites excluding steroid dienone is 2. The second-order valence-corrected chi connectivity index (χ2v) is 9.85. The lowest BCUT2D eigenvalue weighted by atomic mass is 10.0. The number of sulfone groups is 1. The van der Waals surface area contributed by atoms with E-state index in [0.717, 1.165) is 19.4 Å². The summed E-state index contributed by atoms with van der Waals surface area (Å²) in [6, 6.07) is 0. The highest BCUT2D eigenvalue weighted by atomic mass is 32.2. The molecule has 0 amide bonds. The van der Waals surface area contributed by atoms with Gasteiger partial charge in [0, 0.05) is 13.1 Å². The van der Waals surface area contributed by atoms with Gasteiger partial charge in [0.25, 0.3) is 0 Å². The van der Waals surface area contributed by atoms with E-state index in [2.05, 4.69) is 31.7 Å². The molecule has 0 aliphatic carbocycles. The Kier molecular flexibility index (Phi) is 6.26. The van der Waals surface area contributed by atoms with Gasteiger partial charge < -0.3 is 4.90 Å². The quantitative estimate of drug-likeness (QED) is 0.707. The molecule has 1 fully saturated rings. The number of nitrogens with zero attached hydrogens (tertiary/aromatic N) is 1. The third kappa shape index (κ3) is 5.21. The van der Waals surface area contributed by atoms with Crippen molar-refractivity contribution >= 4 is 9.84 Å². The molecule has 1 aliphatic rings. The zero-order chi connectivity index (χ0) is 15.4. The molecule has 1 atom stereocenters. The maximum atomic E-state index is 12.0. The number of hydrogen-bond acceptors (Lipinski definition) is 3. The first kappa shape index (κ1) is 17.7. The summed E-state index contributed by atoms with van der Waals surface area (Å²) >= 11 is 0. The van der Waals surface area contributed by atoms with E-state index in [4.69, 9.17) is 0 Å². The summed E-state index contributed by atoms with van der Waals surface area (Å²) in [5.74, 6) is 1.01.